The number of aliphatic hydroxyl groups excluding tert-OH is 1. The molecule has 0 fully saturated rings. The number of anilines is 2. The highest BCUT2D eigenvalue weighted by molar-refractivity contribution is 6.07. The number of benzene rings is 6. The smallest absolute Gasteiger partial charge is 0.408 e. The molecule has 8 N–H and O–H groups in total. The van der Waals surface area contributed by atoms with Crippen molar-refractivity contribution in [1.29, 1.82) is 0 Å². The lowest BCUT2D eigenvalue weighted by Gasteiger charge is -2.26. The minimum atomic E-state index is -1.27. The van der Waals surface area contributed by atoms with Gasteiger partial charge in [-0.25, -0.2) is 56.7 Å². The monoisotopic (exact) mass is 1370 g/mol. The van der Waals surface area contributed by atoms with Gasteiger partial charge >= 0.3 is 24.1 Å². The Kier molecular flexibility index (Phi) is 23.0. The molecule has 2 aliphatic heterocycles. The number of halogens is 4. The normalized spacial score (nSPS) is 13.4. The second-order valence-corrected chi connectivity index (χ2v) is 27.4. The fraction of sp³-hybridized carbons (Fsp3) is 0.361. The zero-order valence-corrected chi connectivity index (χ0v) is 56.9. The van der Waals surface area contributed by atoms with E-state index in [9.17, 15) is 51.4 Å². The van der Waals surface area contributed by atoms with Crippen LogP contribution in [0.25, 0.3) is 44.1 Å². The van der Waals surface area contributed by atoms with E-state index in [1.54, 1.807) is 129 Å². The summed E-state index contributed by atoms with van der Waals surface area (Å²) < 4.78 is 83.7. The Hall–Kier alpha value is -10.4. The molecule has 0 spiro atoms. The number of amides is 4. The minimum Gasteiger partial charge on any atom is -0.480 e. The Morgan fingerprint density at radius 2 is 0.869 bits per heavy atom. The predicted octanol–water partition coefficient (Wildman–Crippen LogP) is 11.6. The lowest BCUT2D eigenvalue weighted by atomic mass is 9.97. The summed E-state index contributed by atoms with van der Waals surface area (Å²) in [5.74, 6) is -7.20. The van der Waals surface area contributed by atoms with Crippen LogP contribution in [0.5, 0.6) is 0 Å². The number of hydrogen-bond donors (Lipinski definition) is 6. The average Bonchev–Trinajstić information content (AvgIpc) is 1.62. The van der Waals surface area contributed by atoms with Gasteiger partial charge in [0.1, 0.15) is 29.2 Å². The van der Waals surface area contributed by atoms with Crippen LogP contribution in [-0.2, 0) is 72.7 Å². The fourth-order valence-corrected chi connectivity index (χ4v) is 10.3. The van der Waals surface area contributed by atoms with Gasteiger partial charge in [0.05, 0.1) is 42.1 Å². The summed E-state index contributed by atoms with van der Waals surface area (Å²) in [5, 5.41) is 24.1. The quantitative estimate of drug-likeness (QED) is 0.0315. The highest BCUT2D eigenvalue weighted by atomic mass is 19.2. The number of fused-ring (bicyclic) bond motifs is 4. The van der Waals surface area contributed by atoms with E-state index < -0.39 is 95.1 Å². The van der Waals surface area contributed by atoms with Gasteiger partial charge in [-0.15, -0.1) is 0 Å². The van der Waals surface area contributed by atoms with E-state index in [-0.39, 0.29) is 65.0 Å². The molecule has 0 aliphatic carbocycles. The average molecular weight is 1370 g/mol. The van der Waals surface area contributed by atoms with E-state index in [1.165, 1.54) is 0 Å². The molecule has 8 aromatic rings. The molecule has 10 rings (SSSR count). The number of rotatable bonds is 15. The number of carbonyl (C=O) groups excluding carboxylic acids is 5. The second-order valence-electron chi connectivity index (χ2n) is 27.4. The van der Waals surface area contributed by atoms with Gasteiger partial charge in [-0.05, 0) is 182 Å². The highest BCUT2D eigenvalue weighted by Crippen LogP contribution is 2.35. The Morgan fingerprint density at radius 3 is 1.24 bits per heavy atom. The maximum absolute atomic E-state index is 14.7. The zero-order valence-electron chi connectivity index (χ0n) is 56.9. The molecule has 0 bridgehead atoms. The molecule has 6 aromatic carbocycles. The number of aliphatic carboxylic acids is 1. The van der Waals surface area contributed by atoms with Crippen molar-refractivity contribution in [2.45, 2.75) is 157 Å². The molecule has 0 radical (unpaired) electrons. The molecule has 27 heteroatoms. The van der Waals surface area contributed by atoms with Crippen LogP contribution in [-0.4, -0.2) is 124 Å². The first-order valence-electron chi connectivity index (χ1n) is 31.4. The van der Waals surface area contributed by atoms with E-state index in [1.807, 2.05) is 48.5 Å². The summed E-state index contributed by atoms with van der Waals surface area (Å²) in [5.41, 5.74) is 16.2. The van der Waals surface area contributed by atoms with Gasteiger partial charge in [0.15, 0.2) is 35.4 Å². The lowest BCUT2D eigenvalue weighted by Crippen LogP contribution is -2.48. The number of carbonyl (C=O) groups is 6. The van der Waals surface area contributed by atoms with Crippen molar-refractivity contribution >= 4 is 69.6 Å². The fourth-order valence-electron chi connectivity index (χ4n) is 10.3. The molecule has 524 valence electrons. The number of ether oxygens (including phenoxy) is 5. The van der Waals surface area contributed by atoms with Crippen LogP contribution in [0.3, 0.4) is 0 Å². The van der Waals surface area contributed by atoms with E-state index in [0.717, 1.165) is 46.5 Å². The predicted molar refractivity (Wildman–Crippen MR) is 360 cm³/mol. The van der Waals surface area contributed by atoms with E-state index in [2.05, 4.69) is 30.6 Å². The number of alkyl carbamates (subject to hydrolysis) is 2. The molecule has 0 saturated carbocycles. The number of nitrogens with zero attached hydrogens (tertiary/aromatic N) is 6. The van der Waals surface area contributed by atoms with Crippen molar-refractivity contribution in [3.05, 3.63) is 177 Å². The van der Waals surface area contributed by atoms with Gasteiger partial charge in [0.2, 0.25) is 11.9 Å². The van der Waals surface area contributed by atoms with E-state index in [0.29, 0.717) is 64.7 Å². The van der Waals surface area contributed by atoms with Crippen LogP contribution in [0.1, 0.15) is 137 Å². The number of aromatic nitrogens is 4. The van der Waals surface area contributed by atoms with Crippen LogP contribution >= 0.6 is 0 Å². The summed E-state index contributed by atoms with van der Waals surface area (Å²) in [6.45, 7) is 21.3. The Morgan fingerprint density at radius 1 is 0.505 bits per heavy atom. The Labute approximate surface area is 569 Å². The first-order chi connectivity index (χ1) is 46.3. The van der Waals surface area contributed by atoms with Gasteiger partial charge in [0.25, 0.3) is 11.8 Å². The number of hydrogen-bond acceptors (Lipinski definition) is 18. The van der Waals surface area contributed by atoms with Crippen molar-refractivity contribution in [1.82, 2.24) is 40.4 Å². The molecule has 99 heavy (non-hydrogen) atoms. The van der Waals surface area contributed by atoms with Crippen LogP contribution in [0.4, 0.5) is 39.0 Å². The standard InChI is InChI=1S/C36H39F2N5O6.C24H18F2N4O2.C12H23NO5/c1-35(2,3)48-19-29(41-34(46)49-36(4,5)6)32(45)47-18-23-14-26(37)27(38)15-24(23)20-11-12-28-25(13-20)30(42-33(39)40-28)31(44)43-16-21-9-7-8-10-22(21)17-43;25-19-8-16(12-31)17(9-20(19)26)13-5-6-21-18(7-13)22(29-24(27)28-21)23(32)30-10-14-3-1-2-4-15(14)11-30;1-11(2,3)17-7-8(9(14)15)13-10(16)18-12(4,5)6/h7-15,29H,16-19H2,1-6H3,(H,41,46)(H2,39,40,42);1-9,31H,10-12H2,(H2,27,28,29);8H,7H2,1-6H3,(H,13,16)(H,14,15)/t29-;;8-/m1.1/s1. The van der Waals surface area contributed by atoms with Gasteiger partial charge in [-0.3, -0.25) is 9.59 Å². The molecule has 4 heterocycles. The zero-order chi connectivity index (χ0) is 72.6. The van der Waals surface area contributed by atoms with Gasteiger partial charge in [-0.2, -0.15) is 0 Å². The molecule has 2 atom stereocenters. The maximum Gasteiger partial charge on any atom is 0.408 e. The van der Waals surface area contributed by atoms with Crippen molar-refractivity contribution < 1.29 is 80.2 Å². The summed E-state index contributed by atoms with van der Waals surface area (Å²) in [6.07, 6.45) is -1.63. The van der Waals surface area contributed by atoms with E-state index >= 15 is 0 Å². The Balaban J connectivity index is 0.000000213. The van der Waals surface area contributed by atoms with Crippen molar-refractivity contribution in [2.75, 3.05) is 24.7 Å². The maximum atomic E-state index is 14.7. The molecular formula is C72H80F4N10O13. The third kappa shape index (κ3) is 20.1. The highest BCUT2D eigenvalue weighted by Gasteiger charge is 2.32. The van der Waals surface area contributed by atoms with Crippen molar-refractivity contribution in [3.63, 3.8) is 0 Å². The number of aliphatic hydroxyl groups is 1. The number of esters is 1. The molecule has 23 nitrogen and oxygen atoms in total. The van der Waals surface area contributed by atoms with Crippen LogP contribution in [0.2, 0.25) is 0 Å². The third-order valence-corrected chi connectivity index (χ3v) is 14.9. The first-order valence-corrected chi connectivity index (χ1v) is 31.4. The number of carboxylic acids is 1. The van der Waals surface area contributed by atoms with Gasteiger partial charge < -0.3 is 65.8 Å². The number of nitrogen functional groups attached to an aromatic ring is 2. The minimum absolute atomic E-state index is 0.0332. The van der Waals surface area contributed by atoms with Gasteiger partial charge in [-0.1, -0.05) is 60.7 Å². The molecular weight excluding hydrogens is 1290 g/mol. The van der Waals surface area contributed by atoms with Crippen LogP contribution < -0.4 is 22.1 Å². The number of nitrogens with one attached hydrogen (secondary N) is 2. The van der Waals surface area contributed by atoms with Crippen molar-refractivity contribution in [2.24, 2.45) is 0 Å². The second kappa shape index (κ2) is 30.6. The lowest BCUT2D eigenvalue weighted by molar-refractivity contribution is -0.150. The van der Waals surface area contributed by atoms with Crippen LogP contribution in [0, 0.1) is 23.3 Å². The van der Waals surface area contributed by atoms with E-state index in [4.69, 9.17) is 40.3 Å². The first kappa shape index (κ1) is 74.4. The Bertz CT molecular complexity index is 4330. The topological polar surface area (TPSA) is 323 Å². The third-order valence-electron chi connectivity index (χ3n) is 14.9. The molecule has 2 aliphatic rings. The summed E-state index contributed by atoms with van der Waals surface area (Å²) >= 11 is 0. The summed E-state index contributed by atoms with van der Waals surface area (Å²) in [6, 6.07) is 26.8. The van der Waals surface area contributed by atoms with Gasteiger partial charge in [0, 0.05) is 42.5 Å². The molecule has 2 aromatic heterocycles. The SMILES string of the molecule is CC(C)(C)OC[C@@H](NC(=O)OC(C)(C)C)C(=O)O.CC(C)(C)OC[C@@H](NC(=O)OC(C)(C)C)C(=O)OCc1cc(F)c(F)cc1-c1ccc2nc(N)nc(C(=O)N3Cc4ccccc4C3)c2c1.Nc1nc(C(=O)N2Cc3ccccc3C2)c2cc(-c3cc(F)c(F)cc3CO)ccc2n1. The largest absolute Gasteiger partial charge is 0.480 e. The summed E-state index contributed by atoms with van der Waals surface area (Å²) in [7, 11) is 0. The molecule has 0 unspecified atom stereocenters. The van der Waals surface area contributed by atoms with Crippen molar-refractivity contribution in [3.8, 4) is 22.3 Å². The molecule has 0 saturated heterocycles. The molecule has 4 amide bonds. The number of carboxylic acid groups (broad SMARTS) is 1. The number of nitrogens with two attached hydrogens (primary N) is 2. The van der Waals surface area contributed by atoms with Crippen LogP contribution in [0.15, 0.2) is 109 Å². The summed E-state index contributed by atoms with van der Waals surface area (Å²) in [4.78, 5) is 95.6.